The number of amides is 1. The van der Waals surface area contributed by atoms with Crippen molar-refractivity contribution in [2.24, 2.45) is 11.8 Å². The zero-order valence-electron chi connectivity index (χ0n) is 9.48. The fourth-order valence-corrected chi connectivity index (χ4v) is 2.71. The highest BCUT2D eigenvalue weighted by Crippen LogP contribution is 2.30. The lowest BCUT2D eigenvalue weighted by molar-refractivity contribution is -0.136. The van der Waals surface area contributed by atoms with Gasteiger partial charge in [0.05, 0.1) is 6.10 Å². The highest BCUT2D eigenvalue weighted by Gasteiger charge is 2.31. The van der Waals surface area contributed by atoms with Crippen LogP contribution >= 0.6 is 0 Å². The Morgan fingerprint density at radius 2 is 1.87 bits per heavy atom. The van der Waals surface area contributed by atoms with Gasteiger partial charge in [-0.1, -0.05) is 6.92 Å². The third-order valence-corrected chi connectivity index (χ3v) is 3.84. The lowest BCUT2D eigenvalue weighted by Crippen LogP contribution is -2.36. The molecular weight excluding hydrogens is 190 g/mol. The standard InChI is InChI=1S/C12H21NO2/c1-9-2-4-10(5-3-9)12(15)13-7-6-11(14)8-13/h9-11,14H,2-8H2,1H3/t9-,10-,11-/m0/s1. The minimum absolute atomic E-state index is 0.242. The average Bonchev–Trinajstić information content (AvgIpc) is 2.65. The Morgan fingerprint density at radius 3 is 2.40 bits per heavy atom. The van der Waals surface area contributed by atoms with E-state index in [-0.39, 0.29) is 12.0 Å². The lowest BCUT2D eigenvalue weighted by Gasteiger charge is -2.28. The van der Waals surface area contributed by atoms with Gasteiger partial charge in [0.25, 0.3) is 0 Å². The molecule has 1 atom stereocenters. The molecule has 3 heteroatoms. The summed E-state index contributed by atoms with van der Waals surface area (Å²) in [7, 11) is 0. The maximum Gasteiger partial charge on any atom is 0.225 e. The Bertz CT molecular complexity index is 234. The Morgan fingerprint density at radius 1 is 1.20 bits per heavy atom. The van der Waals surface area contributed by atoms with Gasteiger partial charge in [0.15, 0.2) is 0 Å². The van der Waals surface area contributed by atoms with Crippen LogP contribution in [0.4, 0.5) is 0 Å². The average molecular weight is 211 g/mol. The number of rotatable bonds is 1. The summed E-state index contributed by atoms with van der Waals surface area (Å²) in [5.41, 5.74) is 0. The number of carbonyl (C=O) groups is 1. The number of hydrogen-bond donors (Lipinski definition) is 1. The van der Waals surface area contributed by atoms with Crippen LogP contribution in [0.5, 0.6) is 0 Å². The Balaban J connectivity index is 1.85. The van der Waals surface area contributed by atoms with Gasteiger partial charge in [0.2, 0.25) is 5.91 Å². The fraction of sp³-hybridized carbons (Fsp3) is 0.917. The molecule has 1 saturated carbocycles. The molecule has 0 bridgehead atoms. The van der Waals surface area contributed by atoms with Gasteiger partial charge in [-0.2, -0.15) is 0 Å². The number of aliphatic hydroxyl groups excluding tert-OH is 1. The zero-order valence-corrected chi connectivity index (χ0v) is 9.48. The van der Waals surface area contributed by atoms with Crippen LogP contribution in [0.25, 0.3) is 0 Å². The summed E-state index contributed by atoms with van der Waals surface area (Å²) in [5.74, 6) is 1.32. The van der Waals surface area contributed by atoms with E-state index >= 15 is 0 Å². The molecule has 15 heavy (non-hydrogen) atoms. The van der Waals surface area contributed by atoms with E-state index in [0.717, 1.165) is 31.7 Å². The minimum atomic E-state index is -0.281. The van der Waals surface area contributed by atoms with Crippen molar-refractivity contribution in [1.29, 1.82) is 0 Å². The van der Waals surface area contributed by atoms with Gasteiger partial charge >= 0.3 is 0 Å². The van der Waals surface area contributed by atoms with Crippen LogP contribution in [0.3, 0.4) is 0 Å². The Kier molecular flexibility index (Phi) is 3.29. The first kappa shape index (κ1) is 10.9. The van der Waals surface area contributed by atoms with E-state index in [1.807, 2.05) is 4.90 Å². The van der Waals surface area contributed by atoms with Gasteiger partial charge in [-0.05, 0) is 38.0 Å². The summed E-state index contributed by atoms with van der Waals surface area (Å²) in [5, 5.41) is 9.40. The first-order valence-corrected chi connectivity index (χ1v) is 6.13. The largest absolute Gasteiger partial charge is 0.391 e. The monoisotopic (exact) mass is 211 g/mol. The molecule has 1 heterocycles. The van der Waals surface area contributed by atoms with E-state index in [1.165, 1.54) is 12.8 Å². The smallest absolute Gasteiger partial charge is 0.225 e. The van der Waals surface area contributed by atoms with E-state index in [4.69, 9.17) is 0 Å². The predicted molar refractivity (Wildman–Crippen MR) is 58.3 cm³/mol. The molecule has 1 aliphatic carbocycles. The van der Waals surface area contributed by atoms with E-state index < -0.39 is 0 Å². The molecule has 2 aliphatic rings. The van der Waals surface area contributed by atoms with E-state index in [9.17, 15) is 9.90 Å². The highest BCUT2D eigenvalue weighted by molar-refractivity contribution is 5.79. The van der Waals surface area contributed by atoms with Crippen molar-refractivity contribution in [2.45, 2.75) is 45.1 Å². The second-order valence-electron chi connectivity index (χ2n) is 5.18. The molecule has 1 saturated heterocycles. The first-order chi connectivity index (χ1) is 7.16. The van der Waals surface area contributed by atoms with Crippen LogP contribution in [0.15, 0.2) is 0 Å². The summed E-state index contributed by atoms with van der Waals surface area (Å²) < 4.78 is 0. The summed E-state index contributed by atoms with van der Waals surface area (Å²) in [6.07, 6.45) is 4.95. The molecule has 0 aromatic carbocycles. The maximum absolute atomic E-state index is 12.1. The lowest BCUT2D eigenvalue weighted by atomic mass is 9.82. The first-order valence-electron chi connectivity index (χ1n) is 6.13. The van der Waals surface area contributed by atoms with Crippen LogP contribution in [-0.4, -0.2) is 35.1 Å². The Labute approximate surface area is 91.5 Å². The third kappa shape index (κ3) is 2.51. The van der Waals surface area contributed by atoms with E-state index in [0.29, 0.717) is 12.5 Å². The number of likely N-dealkylation sites (tertiary alicyclic amines) is 1. The summed E-state index contributed by atoms with van der Waals surface area (Å²) in [6.45, 7) is 3.58. The van der Waals surface area contributed by atoms with Gasteiger partial charge in [-0.25, -0.2) is 0 Å². The highest BCUT2D eigenvalue weighted by atomic mass is 16.3. The predicted octanol–water partition coefficient (Wildman–Crippen LogP) is 1.41. The topological polar surface area (TPSA) is 40.5 Å². The van der Waals surface area contributed by atoms with Gasteiger partial charge in [-0.15, -0.1) is 0 Å². The van der Waals surface area contributed by atoms with E-state index in [1.54, 1.807) is 0 Å². The van der Waals surface area contributed by atoms with Crippen molar-refractivity contribution >= 4 is 5.91 Å². The number of carbonyl (C=O) groups excluding carboxylic acids is 1. The van der Waals surface area contributed by atoms with Crippen molar-refractivity contribution in [3.8, 4) is 0 Å². The summed E-state index contributed by atoms with van der Waals surface area (Å²) in [4.78, 5) is 13.9. The van der Waals surface area contributed by atoms with Crippen molar-refractivity contribution in [1.82, 2.24) is 4.90 Å². The third-order valence-electron chi connectivity index (χ3n) is 3.84. The van der Waals surface area contributed by atoms with Gasteiger partial charge < -0.3 is 10.0 Å². The van der Waals surface area contributed by atoms with Crippen LogP contribution in [0.1, 0.15) is 39.0 Å². The van der Waals surface area contributed by atoms with E-state index in [2.05, 4.69) is 6.92 Å². The molecular formula is C12H21NO2. The SMILES string of the molecule is C[C@H]1CC[C@H](C(=O)N2CC[C@H](O)C2)CC1. The van der Waals surface area contributed by atoms with Gasteiger partial charge in [0.1, 0.15) is 0 Å². The Hall–Kier alpha value is -0.570. The van der Waals surface area contributed by atoms with Crippen molar-refractivity contribution in [3.05, 3.63) is 0 Å². The van der Waals surface area contributed by atoms with Crippen molar-refractivity contribution in [3.63, 3.8) is 0 Å². The second-order valence-corrected chi connectivity index (χ2v) is 5.18. The number of hydrogen-bond acceptors (Lipinski definition) is 2. The molecule has 0 aromatic rings. The quantitative estimate of drug-likeness (QED) is 0.712. The van der Waals surface area contributed by atoms with Crippen LogP contribution < -0.4 is 0 Å². The van der Waals surface area contributed by atoms with Gasteiger partial charge in [-0.3, -0.25) is 4.79 Å². The number of β-amino-alcohol motifs (C(OH)–C–C–N with tert-alkyl or cyclic N) is 1. The molecule has 0 aromatic heterocycles. The molecule has 0 unspecified atom stereocenters. The van der Waals surface area contributed by atoms with Crippen molar-refractivity contribution < 1.29 is 9.90 Å². The van der Waals surface area contributed by atoms with Crippen LogP contribution in [-0.2, 0) is 4.79 Å². The van der Waals surface area contributed by atoms with Crippen LogP contribution in [0, 0.1) is 11.8 Å². The number of aliphatic hydroxyl groups is 1. The summed E-state index contributed by atoms with van der Waals surface area (Å²) >= 11 is 0. The minimum Gasteiger partial charge on any atom is -0.391 e. The summed E-state index contributed by atoms with van der Waals surface area (Å²) in [6, 6.07) is 0. The maximum atomic E-state index is 12.1. The molecule has 1 N–H and O–H groups in total. The van der Waals surface area contributed by atoms with Crippen molar-refractivity contribution in [2.75, 3.05) is 13.1 Å². The molecule has 1 aliphatic heterocycles. The molecule has 0 radical (unpaired) electrons. The molecule has 0 spiro atoms. The normalized spacial score (nSPS) is 36.9. The fourth-order valence-electron chi connectivity index (χ4n) is 2.71. The molecule has 2 rings (SSSR count). The molecule has 86 valence electrons. The molecule has 3 nitrogen and oxygen atoms in total. The number of nitrogens with zero attached hydrogens (tertiary/aromatic N) is 1. The molecule has 2 fully saturated rings. The molecule has 1 amide bonds. The van der Waals surface area contributed by atoms with Crippen LogP contribution in [0.2, 0.25) is 0 Å². The zero-order chi connectivity index (χ0) is 10.8. The van der Waals surface area contributed by atoms with Gasteiger partial charge in [0, 0.05) is 19.0 Å². The second kappa shape index (κ2) is 4.52.